The van der Waals surface area contributed by atoms with Crippen molar-refractivity contribution in [3.05, 3.63) is 131 Å². The van der Waals surface area contributed by atoms with E-state index in [0.717, 1.165) is 0 Å². The molecule has 0 saturated heterocycles. The SMILES string of the molecule is Cc1ccc(C(=Cc2ccccc2-c2ccccc2)c2ccc(C)cc2)cc1. The van der Waals surface area contributed by atoms with Crippen molar-refractivity contribution in [2.24, 2.45) is 0 Å². The zero-order valence-corrected chi connectivity index (χ0v) is 16.4. The Morgan fingerprint density at radius 2 is 1.04 bits per heavy atom. The van der Waals surface area contributed by atoms with Crippen LogP contribution < -0.4 is 0 Å². The number of aryl methyl sites for hydroxylation is 2. The van der Waals surface area contributed by atoms with E-state index in [2.05, 4.69) is 123 Å². The van der Waals surface area contributed by atoms with Gasteiger partial charge in [0.1, 0.15) is 0 Å². The van der Waals surface area contributed by atoms with Crippen molar-refractivity contribution < 1.29 is 0 Å². The van der Waals surface area contributed by atoms with Crippen molar-refractivity contribution in [1.29, 1.82) is 0 Å². The molecule has 0 nitrogen and oxygen atoms in total. The normalized spacial score (nSPS) is 10.5. The Morgan fingerprint density at radius 1 is 0.536 bits per heavy atom. The van der Waals surface area contributed by atoms with Gasteiger partial charge in [-0.25, -0.2) is 0 Å². The van der Waals surface area contributed by atoms with Crippen LogP contribution in [0.15, 0.2) is 103 Å². The molecule has 0 spiro atoms. The third kappa shape index (κ3) is 3.97. The summed E-state index contributed by atoms with van der Waals surface area (Å²) in [7, 11) is 0. The molecule has 0 bridgehead atoms. The first-order chi connectivity index (χ1) is 13.7. The van der Waals surface area contributed by atoms with Crippen molar-refractivity contribution in [3.63, 3.8) is 0 Å². The summed E-state index contributed by atoms with van der Waals surface area (Å²) in [6.07, 6.45) is 2.32. The highest BCUT2D eigenvalue weighted by Crippen LogP contribution is 2.31. The van der Waals surface area contributed by atoms with Crippen molar-refractivity contribution in [2.45, 2.75) is 13.8 Å². The van der Waals surface area contributed by atoms with Gasteiger partial charge in [-0.15, -0.1) is 0 Å². The first kappa shape index (κ1) is 18.0. The Balaban J connectivity index is 1.89. The van der Waals surface area contributed by atoms with Gasteiger partial charge in [0, 0.05) is 0 Å². The molecular weight excluding hydrogens is 336 g/mol. The lowest BCUT2D eigenvalue weighted by Crippen LogP contribution is -1.91. The van der Waals surface area contributed by atoms with Crippen LogP contribution >= 0.6 is 0 Å². The molecule has 4 aromatic rings. The molecule has 0 amide bonds. The first-order valence-corrected chi connectivity index (χ1v) is 9.71. The summed E-state index contributed by atoms with van der Waals surface area (Å²) in [5.74, 6) is 0. The summed E-state index contributed by atoms with van der Waals surface area (Å²) in [4.78, 5) is 0. The third-order valence-corrected chi connectivity index (χ3v) is 5.07. The predicted octanol–water partition coefficient (Wildman–Crippen LogP) is 7.56. The largest absolute Gasteiger partial charge is 0.0622 e. The molecule has 0 heterocycles. The van der Waals surface area contributed by atoms with Crippen LogP contribution in [0.2, 0.25) is 0 Å². The van der Waals surface area contributed by atoms with Gasteiger partial charge >= 0.3 is 0 Å². The first-order valence-electron chi connectivity index (χ1n) is 9.71. The molecule has 0 radical (unpaired) electrons. The predicted molar refractivity (Wildman–Crippen MR) is 121 cm³/mol. The van der Waals surface area contributed by atoms with Crippen LogP contribution in [0.4, 0.5) is 0 Å². The van der Waals surface area contributed by atoms with Gasteiger partial charge in [0.25, 0.3) is 0 Å². The van der Waals surface area contributed by atoms with Gasteiger partial charge in [-0.2, -0.15) is 0 Å². The van der Waals surface area contributed by atoms with Gasteiger partial charge in [-0.3, -0.25) is 0 Å². The van der Waals surface area contributed by atoms with E-state index < -0.39 is 0 Å². The Bertz CT molecular complexity index is 1040. The topological polar surface area (TPSA) is 0 Å². The minimum Gasteiger partial charge on any atom is -0.0622 e. The van der Waals surface area contributed by atoms with E-state index in [9.17, 15) is 0 Å². The van der Waals surface area contributed by atoms with Crippen LogP contribution in [-0.4, -0.2) is 0 Å². The standard InChI is InChI=1S/C28H24/c1-21-12-16-24(17-13-21)28(25-18-14-22(2)15-19-25)20-26-10-6-7-11-27(26)23-8-4-3-5-9-23/h3-20H,1-2H3. The maximum atomic E-state index is 2.32. The molecule has 136 valence electrons. The van der Waals surface area contributed by atoms with Gasteiger partial charge in [-0.1, -0.05) is 114 Å². The molecule has 0 aromatic heterocycles. The lowest BCUT2D eigenvalue weighted by atomic mass is 9.92. The van der Waals surface area contributed by atoms with Gasteiger partial charge < -0.3 is 0 Å². The fourth-order valence-electron chi connectivity index (χ4n) is 3.46. The zero-order valence-electron chi connectivity index (χ0n) is 16.4. The number of hydrogen-bond donors (Lipinski definition) is 0. The molecule has 0 atom stereocenters. The van der Waals surface area contributed by atoms with E-state index in [1.807, 2.05) is 0 Å². The monoisotopic (exact) mass is 360 g/mol. The van der Waals surface area contributed by atoms with E-state index in [1.54, 1.807) is 0 Å². The number of rotatable bonds is 4. The van der Waals surface area contributed by atoms with Gasteiger partial charge in [0.15, 0.2) is 0 Å². The van der Waals surface area contributed by atoms with Crippen LogP contribution in [0.3, 0.4) is 0 Å². The Labute approximate surface area is 167 Å². The second kappa shape index (κ2) is 8.10. The maximum Gasteiger partial charge on any atom is -0.0105 e. The minimum absolute atomic E-state index is 1.23. The molecule has 0 aliphatic carbocycles. The van der Waals surface area contributed by atoms with Gasteiger partial charge in [0.05, 0.1) is 0 Å². The highest BCUT2D eigenvalue weighted by molar-refractivity contribution is 5.94. The van der Waals surface area contributed by atoms with E-state index in [4.69, 9.17) is 0 Å². The van der Waals surface area contributed by atoms with Crippen molar-refractivity contribution >= 4 is 11.6 Å². The summed E-state index contributed by atoms with van der Waals surface area (Å²) in [5.41, 5.74) is 9.97. The van der Waals surface area contributed by atoms with E-state index >= 15 is 0 Å². The molecular formula is C28H24. The molecule has 0 unspecified atom stereocenters. The van der Waals surface area contributed by atoms with E-state index in [0.29, 0.717) is 0 Å². The highest BCUT2D eigenvalue weighted by atomic mass is 14.1. The van der Waals surface area contributed by atoms with E-state index in [1.165, 1.54) is 44.5 Å². The minimum atomic E-state index is 1.23. The number of hydrogen-bond acceptors (Lipinski definition) is 0. The Kier molecular flexibility index (Phi) is 5.21. The van der Waals surface area contributed by atoms with Crippen LogP contribution in [0.1, 0.15) is 27.8 Å². The highest BCUT2D eigenvalue weighted by Gasteiger charge is 2.08. The van der Waals surface area contributed by atoms with Crippen LogP contribution in [-0.2, 0) is 0 Å². The van der Waals surface area contributed by atoms with Crippen molar-refractivity contribution in [2.75, 3.05) is 0 Å². The Morgan fingerprint density at radius 3 is 1.61 bits per heavy atom. The average molecular weight is 361 g/mol. The molecule has 0 fully saturated rings. The summed E-state index contributed by atoms with van der Waals surface area (Å²) >= 11 is 0. The van der Waals surface area contributed by atoms with Crippen molar-refractivity contribution in [1.82, 2.24) is 0 Å². The van der Waals surface area contributed by atoms with Crippen LogP contribution in [0.25, 0.3) is 22.8 Å². The summed E-state index contributed by atoms with van der Waals surface area (Å²) < 4.78 is 0. The molecule has 0 heteroatoms. The summed E-state index contributed by atoms with van der Waals surface area (Å²) in [5, 5.41) is 0. The fraction of sp³-hybridized carbons (Fsp3) is 0.0714. The molecule has 0 N–H and O–H groups in total. The fourth-order valence-corrected chi connectivity index (χ4v) is 3.46. The molecule has 0 aliphatic heterocycles. The molecule has 0 aliphatic rings. The quantitative estimate of drug-likeness (QED) is 0.329. The zero-order chi connectivity index (χ0) is 19.3. The van der Waals surface area contributed by atoms with E-state index in [-0.39, 0.29) is 0 Å². The average Bonchev–Trinajstić information content (AvgIpc) is 2.74. The maximum absolute atomic E-state index is 2.32. The van der Waals surface area contributed by atoms with Crippen LogP contribution in [0, 0.1) is 13.8 Å². The second-order valence-corrected chi connectivity index (χ2v) is 7.24. The Hall–Kier alpha value is -3.38. The molecule has 0 saturated carbocycles. The van der Waals surface area contributed by atoms with Gasteiger partial charge in [0.2, 0.25) is 0 Å². The summed E-state index contributed by atoms with van der Waals surface area (Å²) in [6.45, 7) is 4.26. The molecule has 28 heavy (non-hydrogen) atoms. The smallest absolute Gasteiger partial charge is 0.0105 e. The molecule has 4 rings (SSSR count). The van der Waals surface area contributed by atoms with Crippen molar-refractivity contribution in [3.8, 4) is 11.1 Å². The lowest BCUT2D eigenvalue weighted by molar-refractivity contribution is 1.43. The van der Waals surface area contributed by atoms with Gasteiger partial charge in [-0.05, 0) is 53.3 Å². The van der Waals surface area contributed by atoms with Crippen LogP contribution in [0.5, 0.6) is 0 Å². The summed E-state index contributed by atoms with van der Waals surface area (Å²) in [6, 6.07) is 36.8. The third-order valence-electron chi connectivity index (χ3n) is 5.07. The number of benzene rings is 4. The second-order valence-electron chi connectivity index (χ2n) is 7.24. The lowest BCUT2D eigenvalue weighted by Gasteiger charge is -2.12. The molecule has 4 aromatic carbocycles.